The third-order valence-electron chi connectivity index (χ3n) is 2.49. The first-order valence-electron chi connectivity index (χ1n) is 4.87. The van der Waals surface area contributed by atoms with Gasteiger partial charge in [0.05, 0.1) is 12.7 Å². The monoisotopic (exact) mass is 244 g/mol. The molecule has 2 heterocycles. The topological polar surface area (TPSA) is 87.5 Å². The smallest absolute Gasteiger partial charge is 0.251 e. The summed E-state index contributed by atoms with van der Waals surface area (Å²) in [6.07, 6.45) is 0.0294. The molecule has 1 fully saturated rings. The average molecular weight is 244 g/mol. The Bertz CT molecular complexity index is 483. The fourth-order valence-corrected chi connectivity index (χ4v) is 1.99. The van der Waals surface area contributed by atoms with Crippen LogP contribution in [-0.2, 0) is 4.74 Å². The number of aliphatic hydroxyl groups excluding tert-OH is 2. The number of H-pyrrole nitrogens is 1. The first-order valence-corrected chi connectivity index (χ1v) is 5.28. The van der Waals surface area contributed by atoms with Gasteiger partial charge in [-0.2, -0.15) is 0 Å². The van der Waals surface area contributed by atoms with Crippen LogP contribution in [0.3, 0.4) is 0 Å². The van der Waals surface area contributed by atoms with Crippen LogP contribution in [0.1, 0.15) is 12.6 Å². The second kappa shape index (κ2) is 4.46. The predicted octanol–water partition coefficient (Wildman–Crippen LogP) is -0.453. The molecule has 1 aromatic heterocycles. The molecular weight excluding hydrogens is 232 g/mol. The molecule has 0 spiro atoms. The first kappa shape index (κ1) is 11.5. The van der Waals surface area contributed by atoms with Crippen molar-refractivity contribution in [3.05, 3.63) is 27.4 Å². The molecule has 0 aliphatic carbocycles. The van der Waals surface area contributed by atoms with Gasteiger partial charge in [0.1, 0.15) is 6.10 Å². The SMILES string of the molecule is O=c1ccn([C@@H]2O[C@H](CO)C[C@@H]2O)c(=S)[nH]1. The van der Waals surface area contributed by atoms with Crippen LogP contribution in [0.25, 0.3) is 0 Å². The summed E-state index contributed by atoms with van der Waals surface area (Å²) in [6.45, 7) is -0.149. The van der Waals surface area contributed by atoms with E-state index in [2.05, 4.69) is 4.98 Å². The molecule has 0 amide bonds. The molecule has 1 aliphatic rings. The van der Waals surface area contributed by atoms with E-state index in [9.17, 15) is 9.90 Å². The summed E-state index contributed by atoms with van der Waals surface area (Å²) < 4.78 is 7.06. The van der Waals surface area contributed by atoms with Crippen molar-refractivity contribution in [3.63, 3.8) is 0 Å². The maximum atomic E-state index is 11.0. The van der Waals surface area contributed by atoms with E-state index in [1.165, 1.54) is 16.8 Å². The zero-order chi connectivity index (χ0) is 11.7. The molecule has 88 valence electrons. The van der Waals surface area contributed by atoms with E-state index in [-0.39, 0.29) is 16.9 Å². The van der Waals surface area contributed by atoms with Gasteiger partial charge in [-0.25, -0.2) is 0 Å². The number of aliphatic hydroxyl groups is 2. The summed E-state index contributed by atoms with van der Waals surface area (Å²) in [7, 11) is 0. The molecular formula is C9H12N2O4S. The zero-order valence-electron chi connectivity index (χ0n) is 8.37. The summed E-state index contributed by atoms with van der Waals surface area (Å²) in [4.78, 5) is 13.4. The van der Waals surface area contributed by atoms with Gasteiger partial charge in [-0.15, -0.1) is 0 Å². The second-order valence-corrected chi connectivity index (χ2v) is 4.04. The van der Waals surface area contributed by atoms with E-state index in [4.69, 9.17) is 22.1 Å². The lowest BCUT2D eigenvalue weighted by molar-refractivity contribution is -0.0520. The van der Waals surface area contributed by atoms with Crippen molar-refractivity contribution in [2.45, 2.75) is 24.9 Å². The van der Waals surface area contributed by atoms with Crippen LogP contribution >= 0.6 is 12.2 Å². The van der Waals surface area contributed by atoms with Crippen LogP contribution in [0.2, 0.25) is 0 Å². The van der Waals surface area contributed by atoms with Crippen LogP contribution in [-0.4, -0.2) is 38.6 Å². The molecule has 3 atom stereocenters. The van der Waals surface area contributed by atoms with E-state index >= 15 is 0 Å². The summed E-state index contributed by atoms with van der Waals surface area (Å²) >= 11 is 4.96. The van der Waals surface area contributed by atoms with Crippen molar-refractivity contribution >= 4 is 12.2 Å². The Balaban J connectivity index is 2.31. The fourth-order valence-electron chi connectivity index (χ4n) is 1.73. The minimum atomic E-state index is -0.741. The second-order valence-electron chi connectivity index (χ2n) is 3.65. The van der Waals surface area contributed by atoms with E-state index in [0.29, 0.717) is 6.42 Å². The summed E-state index contributed by atoms with van der Waals surface area (Å²) in [5.74, 6) is 0. The highest BCUT2D eigenvalue weighted by atomic mass is 32.1. The highest BCUT2D eigenvalue weighted by Crippen LogP contribution is 2.28. The fraction of sp³-hybridized carbons (Fsp3) is 0.556. The minimum Gasteiger partial charge on any atom is -0.394 e. The predicted molar refractivity (Wildman–Crippen MR) is 57.5 cm³/mol. The van der Waals surface area contributed by atoms with Crippen molar-refractivity contribution < 1.29 is 14.9 Å². The Hall–Kier alpha value is -1.02. The molecule has 1 aromatic rings. The summed E-state index contributed by atoms with van der Waals surface area (Å²) in [5, 5.41) is 18.7. The normalized spacial score (nSPS) is 29.5. The third-order valence-corrected chi connectivity index (χ3v) is 2.81. The van der Waals surface area contributed by atoms with E-state index in [1.54, 1.807) is 0 Å². The van der Waals surface area contributed by atoms with Crippen molar-refractivity contribution in [1.82, 2.24) is 9.55 Å². The lowest BCUT2D eigenvalue weighted by Crippen LogP contribution is -2.23. The van der Waals surface area contributed by atoms with Crippen molar-refractivity contribution in [1.29, 1.82) is 0 Å². The third kappa shape index (κ3) is 2.07. The maximum absolute atomic E-state index is 11.0. The van der Waals surface area contributed by atoms with Gasteiger partial charge in [-0.3, -0.25) is 14.3 Å². The van der Waals surface area contributed by atoms with Crippen LogP contribution in [0.4, 0.5) is 0 Å². The van der Waals surface area contributed by atoms with E-state index < -0.39 is 18.4 Å². The largest absolute Gasteiger partial charge is 0.394 e. The van der Waals surface area contributed by atoms with Gasteiger partial charge >= 0.3 is 0 Å². The number of aromatic nitrogens is 2. The molecule has 1 saturated heterocycles. The average Bonchev–Trinajstić information content (AvgIpc) is 2.60. The Morgan fingerprint density at radius 3 is 3.00 bits per heavy atom. The van der Waals surface area contributed by atoms with Gasteiger partial charge in [-0.1, -0.05) is 0 Å². The van der Waals surface area contributed by atoms with Gasteiger partial charge in [0, 0.05) is 18.7 Å². The molecule has 0 bridgehead atoms. The highest BCUT2D eigenvalue weighted by Gasteiger charge is 2.34. The van der Waals surface area contributed by atoms with Gasteiger partial charge in [0.2, 0.25) is 0 Å². The van der Waals surface area contributed by atoms with Crippen LogP contribution in [0.5, 0.6) is 0 Å². The number of hydrogen-bond donors (Lipinski definition) is 3. The maximum Gasteiger partial charge on any atom is 0.251 e. The van der Waals surface area contributed by atoms with Crippen LogP contribution in [0, 0.1) is 4.77 Å². The van der Waals surface area contributed by atoms with Crippen LogP contribution < -0.4 is 5.56 Å². The number of ether oxygens (including phenoxy) is 1. The Morgan fingerprint density at radius 2 is 2.44 bits per heavy atom. The molecule has 0 radical (unpaired) electrons. The first-order chi connectivity index (χ1) is 7.61. The molecule has 6 nitrogen and oxygen atoms in total. The van der Waals surface area contributed by atoms with Crippen LogP contribution in [0.15, 0.2) is 17.1 Å². The molecule has 7 heteroatoms. The lowest BCUT2D eigenvalue weighted by atomic mass is 10.2. The van der Waals surface area contributed by atoms with Gasteiger partial charge in [-0.05, 0) is 12.2 Å². The Kier molecular flexibility index (Phi) is 3.20. The number of nitrogens with zero attached hydrogens (tertiary/aromatic N) is 1. The standard InChI is InChI=1S/C9H12N2O4S/c12-4-5-3-6(13)8(15-5)11-2-1-7(14)10-9(11)16/h1-2,5-6,8,12-13H,3-4H2,(H,10,14,16)/t5-,6-,8+/m0/s1. The molecule has 0 saturated carbocycles. The molecule has 2 rings (SSSR count). The molecule has 1 aliphatic heterocycles. The molecule has 0 unspecified atom stereocenters. The van der Waals surface area contributed by atoms with Crippen molar-refractivity contribution in [3.8, 4) is 0 Å². The quantitative estimate of drug-likeness (QED) is 0.613. The lowest BCUT2D eigenvalue weighted by Gasteiger charge is -2.17. The highest BCUT2D eigenvalue weighted by molar-refractivity contribution is 7.71. The van der Waals surface area contributed by atoms with Gasteiger partial charge in [0.15, 0.2) is 11.0 Å². The number of nitrogens with one attached hydrogen (secondary N) is 1. The number of hydrogen-bond acceptors (Lipinski definition) is 5. The number of rotatable bonds is 2. The van der Waals surface area contributed by atoms with Gasteiger partial charge in [0.25, 0.3) is 5.56 Å². The molecule has 0 aromatic carbocycles. The summed E-state index contributed by atoms with van der Waals surface area (Å²) in [6, 6.07) is 1.30. The van der Waals surface area contributed by atoms with Crippen molar-refractivity contribution in [2.75, 3.05) is 6.61 Å². The Morgan fingerprint density at radius 1 is 1.69 bits per heavy atom. The van der Waals surface area contributed by atoms with E-state index in [0.717, 1.165) is 0 Å². The van der Waals surface area contributed by atoms with Gasteiger partial charge < -0.3 is 14.9 Å². The molecule has 16 heavy (non-hydrogen) atoms. The Labute approximate surface area is 96.1 Å². The van der Waals surface area contributed by atoms with E-state index in [1.807, 2.05) is 0 Å². The summed E-state index contributed by atoms with van der Waals surface area (Å²) in [5.41, 5.74) is -0.299. The molecule has 3 N–H and O–H groups in total. The van der Waals surface area contributed by atoms with Crippen molar-refractivity contribution in [2.24, 2.45) is 0 Å². The number of aromatic amines is 1. The zero-order valence-corrected chi connectivity index (χ0v) is 9.18. The minimum absolute atomic E-state index is 0.149.